The van der Waals surface area contributed by atoms with E-state index in [1.807, 2.05) is 0 Å². The minimum absolute atomic E-state index is 0.214. The van der Waals surface area contributed by atoms with Crippen LogP contribution < -0.4 is 0 Å². The first-order valence-electron chi connectivity index (χ1n) is 6.58. The van der Waals surface area contributed by atoms with Gasteiger partial charge < -0.3 is 0 Å². The lowest BCUT2D eigenvalue weighted by molar-refractivity contribution is 0.520. The van der Waals surface area contributed by atoms with Crippen molar-refractivity contribution in [2.45, 2.75) is 20.6 Å². The molecule has 0 aliphatic heterocycles. The average molecular weight is 355 g/mol. The van der Waals surface area contributed by atoms with Crippen molar-refractivity contribution < 1.29 is 8.42 Å². The van der Waals surface area contributed by atoms with Crippen LogP contribution in [0.15, 0.2) is 57.4 Å². The quantitative estimate of drug-likeness (QED) is 0.745. The summed E-state index contributed by atoms with van der Waals surface area (Å²) in [5.41, 5.74) is 1.22. The fourth-order valence-corrected chi connectivity index (χ4v) is 3.75. The van der Waals surface area contributed by atoms with Gasteiger partial charge in [0.1, 0.15) is 4.90 Å². The van der Waals surface area contributed by atoms with E-state index in [2.05, 4.69) is 35.5 Å². The molecule has 22 heavy (non-hydrogen) atoms. The summed E-state index contributed by atoms with van der Waals surface area (Å²) in [4.78, 5) is 5.68. The fraction of sp³-hybridized carbons (Fsp3) is 0.267. The number of hydrogen-bond donors (Lipinski definition) is 0. The summed E-state index contributed by atoms with van der Waals surface area (Å²) in [7, 11) is -0.389. The Morgan fingerprint density at radius 3 is 2.27 bits per heavy atom. The van der Waals surface area contributed by atoms with Crippen molar-refractivity contribution in [1.29, 1.82) is 0 Å². The minimum atomic E-state index is -3.41. The third-order valence-electron chi connectivity index (χ3n) is 3.03. The topological polar surface area (TPSA) is 50.3 Å². The molecule has 7 heteroatoms. The van der Waals surface area contributed by atoms with Crippen LogP contribution in [0.2, 0.25) is 0 Å². The Hall–Kier alpha value is -1.02. The number of aromatic nitrogens is 1. The van der Waals surface area contributed by atoms with Gasteiger partial charge in [-0.2, -0.15) is 0 Å². The lowest BCUT2D eigenvalue weighted by atomic mass is 10.2. The van der Waals surface area contributed by atoms with E-state index in [-0.39, 0.29) is 4.90 Å². The largest absolute Gasteiger partial charge is 0.249 e. The molecule has 2 aromatic rings. The van der Waals surface area contributed by atoms with Crippen LogP contribution in [-0.4, -0.2) is 38.1 Å². The van der Waals surface area contributed by atoms with Gasteiger partial charge >= 0.3 is 0 Å². The van der Waals surface area contributed by atoms with E-state index < -0.39 is 10.0 Å². The number of hydrogen-bond acceptors (Lipinski definition) is 5. The molecule has 0 bridgehead atoms. The van der Waals surface area contributed by atoms with Crippen LogP contribution in [0.5, 0.6) is 0 Å². The summed E-state index contributed by atoms with van der Waals surface area (Å²) in [5.74, 6) is 0.807. The normalized spacial score (nSPS) is 11.8. The third-order valence-corrected chi connectivity index (χ3v) is 6.59. The van der Waals surface area contributed by atoms with Crippen LogP contribution in [0.1, 0.15) is 5.56 Å². The predicted molar refractivity (Wildman–Crippen MR) is 92.9 cm³/mol. The Kier molecular flexibility index (Phi) is 5.91. The number of thioether (sulfide) groups is 2. The number of benzene rings is 1. The second-order valence-corrected chi connectivity index (χ2v) is 8.78. The molecular formula is C15H18N2O2S3. The van der Waals surface area contributed by atoms with Crippen molar-refractivity contribution in [1.82, 2.24) is 9.29 Å². The first-order chi connectivity index (χ1) is 10.4. The van der Waals surface area contributed by atoms with Crippen molar-refractivity contribution >= 4 is 33.5 Å². The molecule has 4 nitrogen and oxygen atoms in total. The molecule has 0 spiro atoms. The Labute approximate surface area is 140 Å². The number of sulfonamides is 1. The molecule has 0 radical (unpaired) electrons. The summed E-state index contributed by atoms with van der Waals surface area (Å²) in [6, 6.07) is 11.7. The maximum absolute atomic E-state index is 12.0. The molecule has 0 saturated carbocycles. The highest BCUT2D eigenvalue weighted by atomic mass is 32.2. The monoisotopic (exact) mass is 354 g/mol. The van der Waals surface area contributed by atoms with Crippen LogP contribution in [0.4, 0.5) is 0 Å². The van der Waals surface area contributed by atoms with E-state index in [4.69, 9.17) is 0 Å². The van der Waals surface area contributed by atoms with Crippen molar-refractivity contribution in [2.24, 2.45) is 0 Å². The van der Waals surface area contributed by atoms with Crippen molar-refractivity contribution in [3.05, 3.63) is 48.2 Å². The van der Waals surface area contributed by atoms with Gasteiger partial charge in [-0.15, -0.1) is 23.5 Å². The fourth-order valence-electron chi connectivity index (χ4n) is 1.69. The van der Waals surface area contributed by atoms with Gasteiger partial charge in [0.2, 0.25) is 10.0 Å². The highest BCUT2D eigenvalue weighted by Gasteiger charge is 2.17. The summed E-state index contributed by atoms with van der Waals surface area (Å²) in [6.45, 7) is 0. The third kappa shape index (κ3) is 4.25. The van der Waals surface area contributed by atoms with Crippen molar-refractivity contribution in [3.63, 3.8) is 0 Å². The molecule has 0 amide bonds. The van der Waals surface area contributed by atoms with Gasteiger partial charge in [0.15, 0.2) is 0 Å². The molecule has 1 heterocycles. The van der Waals surface area contributed by atoms with Gasteiger partial charge in [-0.05, 0) is 36.1 Å². The van der Waals surface area contributed by atoms with Gasteiger partial charge in [0.25, 0.3) is 0 Å². The molecule has 1 aromatic carbocycles. The molecule has 0 fully saturated rings. The zero-order valence-corrected chi connectivity index (χ0v) is 15.1. The number of pyridine rings is 1. The van der Waals surface area contributed by atoms with E-state index >= 15 is 0 Å². The molecule has 0 N–H and O–H groups in total. The second-order valence-electron chi connectivity index (χ2n) is 4.76. The first kappa shape index (κ1) is 17.3. The zero-order chi connectivity index (χ0) is 16.2. The summed E-state index contributed by atoms with van der Waals surface area (Å²) in [5, 5.41) is 0.812. The predicted octanol–water partition coefficient (Wildman–Crippen LogP) is 3.35. The molecular weight excluding hydrogens is 336 g/mol. The highest BCUT2D eigenvalue weighted by molar-refractivity contribution is 7.98. The van der Waals surface area contributed by atoms with E-state index in [9.17, 15) is 8.42 Å². The van der Waals surface area contributed by atoms with Crippen molar-refractivity contribution in [2.75, 3.05) is 20.4 Å². The molecule has 0 unspecified atom stereocenters. The molecule has 2 rings (SSSR count). The lowest BCUT2D eigenvalue weighted by Crippen LogP contribution is -2.22. The van der Waals surface area contributed by atoms with E-state index in [1.54, 1.807) is 35.7 Å². The Morgan fingerprint density at radius 1 is 1.09 bits per heavy atom. The van der Waals surface area contributed by atoms with Crippen LogP contribution >= 0.6 is 23.5 Å². The molecule has 0 atom stereocenters. The van der Waals surface area contributed by atoms with Crippen LogP contribution in [-0.2, 0) is 15.8 Å². The van der Waals surface area contributed by atoms with E-state index in [0.717, 1.165) is 10.8 Å². The van der Waals surface area contributed by atoms with Gasteiger partial charge in [-0.3, -0.25) is 0 Å². The summed E-state index contributed by atoms with van der Waals surface area (Å²) >= 11 is 3.31. The summed E-state index contributed by atoms with van der Waals surface area (Å²) < 4.78 is 25.1. The molecule has 0 aliphatic carbocycles. The standard InChI is InChI=1S/C15H18N2O2S3/c1-17(2)22(18,19)14-8-9-15(16-10-14)21-11-12-4-6-13(20-3)7-5-12/h4-10H,11H2,1-3H3. The Bertz CT molecular complexity index is 711. The van der Waals surface area contributed by atoms with Crippen LogP contribution in [0, 0.1) is 0 Å². The smallest absolute Gasteiger partial charge is 0.244 e. The van der Waals surface area contributed by atoms with Gasteiger partial charge in [0.05, 0.1) is 5.03 Å². The van der Waals surface area contributed by atoms with Crippen LogP contribution in [0.25, 0.3) is 0 Å². The average Bonchev–Trinajstić information content (AvgIpc) is 2.53. The minimum Gasteiger partial charge on any atom is -0.249 e. The van der Waals surface area contributed by atoms with E-state index in [0.29, 0.717) is 0 Å². The Balaban J connectivity index is 2.02. The first-order valence-corrected chi connectivity index (χ1v) is 10.2. The van der Waals surface area contributed by atoms with Gasteiger partial charge in [0, 0.05) is 30.9 Å². The van der Waals surface area contributed by atoms with Gasteiger partial charge in [-0.25, -0.2) is 17.7 Å². The Morgan fingerprint density at radius 2 is 1.77 bits per heavy atom. The number of rotatable bonds is 6. The maximum Gasteiger partial charge on any atom is 0.244 e. The molecule has 1 aromatic heterocycles. The van der Waals surface area contributed by atoms with Crippen molar-refractivity contribution in [3.8, 4) is 0 Å². The van der Waals surface area contributed by atoms with Crippen LogP contribution in [0.3, 0.4) is 0 Å². The summed E-state index contributed by atoms with van der Waals surface area (Å²) in [6.07, 6.45) is 3.46. The SMILES string of the molecule is CSc1ccc(CSc2ccc(S(=O)(=O)N(C)C)cn2)cc1. The highest BCUT2D eigenvalue weighted by Crippen LogP contribution is 2.23. The molecule has 0 saturated heterocycles. The lowest BCUT2D eigenvalue weighted by Gasteiger charge is -2.11. The second kappa shape index (κ2) is 7.50. The number of nitrogens with zero attached hydrogens (tertiary/aromatic N) is 2. The van der Waals surface area contributed by atoms with E-state index in [1.165, 1.54) is 35.1 Å². The molecule has 0 aliphatic rings. The molecule has 118 valence electrons. The van der Waals surface area contributed by atoms with Gasteiger partial charge in [-0.1, -0.05) is 12.1 Å². The zero-order valence-electron chi connectivity index (χ0n) is 12.7. The maximum atomic E-state index is 12.0.